The van der Waals surface area contributed by atoms with Gasteiger partial charge in [-0.3, -0.25) is 10.1 Å². The standard InChI is InChI=1S/C9H14N2O3/c12-9-8(1-2-10-9)11-5-7-6-13-3-4-14-7/h6,8,11H,1-5H2,(H,10,12). The first-order valence-corrected chi connectivity index (χ1v) is 4.81. The van der Waals surface area contributed by atoms with Gasteiger partial charge < -0.3 is 14.8 Å². The van der Waals surface area contributed by atoms with Crippen molar-refractivity contribution in [1.29, 1.82) is 0 Å². The van der Waals surface area contributed by atoms with Crippen LogP contribution in [0.3, 0.4) is 0 Å². The fraction of sp³-hybridized carbons (Fsp3) is 0.667. The molecule has 1 unspecified atom stereocenters. The first-order valence-electron chi connectivity index (χ1n) is 4.81. The van der Waals surface area contributed by atoms with Crippen molar-refractivity contribution in [2.45, 2.75) is 12.5 Å². The van der Waals surface area contributed by atoms with E-state index in [2.05, 4.69) is 10.6 Å². The molecule has 2 N–H and O–H groups in total. The third kappa shape index (κ3) is 2.17. The van der Waals surface area contributed by atoms with Gasteiger partial charge in [0.25, 0.3) is 0 Å². The lowest BCUT2D eigenvalue weighted by atomic mass is 10.2. The number of carbonyl (C=O) groups is 1. The van der Waals surface area contributed by atoms with Crippen molar-refractivity contribution in [3.8, 4) is 0 Å². The van der Waals surface area contributed by atoms with E-state index in [0.29, 0.717) is 19.8 Å². The van der Waals surface area contributed by atoms with Crippen molar-refractivity contribution in [3.05, 3.63) is 12.0 Å². The number of carbonyl (C=O) groups excluding carboxylic acids is 1. The summed E-state index contributed by atoms with van der Waals surface area (Å²) in [4.78, 5) is 11.2. The Balaban J connectivity index is 1.76. The quantitative estimate of drug-likeness (QED) is 0.633. The molecule has 0 spiro atoms. The molecule has 5 heteroatoms. The van der Waals surface area contributed by atoms with Gasteiger partial charge in [0.1, 0.15) is 25.2 Å². The lowest BCUT2D eigenvalue weighted by Gasteiger charge is -2.17. The van der Waals surface area contributed by atoms with Gasteiger partial charge in [-0.1, -0.05) is 0 Å². The summed E-state index contributed by atoms with van der Waals surface area (Å²) in [6.45, 7) is 2.50. The van der Waals surface area contributed by atoms with E-state index in [1.165, 1.54) is 0 Å². The first kappa shape index (κ1) is 9.33. The Hall–Kier alpha value is -1.23. The van der Waals surface area contributed by atoms with Crippen molar-refractivity contribution < 1.29 is 14.3 Å². The summed E-state index contributed by atoms with van der Waals surface area (Å²) in [5.74, 6) is 0.832. The molecule has 1 saturated heterocycles. The fourth-order valence-corrected chi connectivity index (χ4v) is 1.51. The smallest absolute Gasteiger partial charge is 0.237 e. The van der Waals surface area contributed by atoms with Gasteiger partial charge in [-0.25, -0.2) is 0 Å². The Labute approximate surface area is 82.4 Å². The van der Waals surface area contributed by atoms with Crippen LogP contribution in [0.25, 0.3) is 0 Å². The number of hydrogen-bond acceptors (Lipinski definition) is 4. The van der Waals surface area contributed by atoms with E-state index in [1.807, 2.05) is 0 Å². The van der Waals surface area contributed by atoms with Gasteiger partial charge >= 0.3 is 0 Å². The minimum absolute atomic E-state index is 0.0716. The first-order chi connectivity index (χ1) is 6.86. The van der Waals surface area contributed by atoms with E-state index in [4.69, 9.17) is 9.47 Å². The molecule has 1 fully saturated rings. The maximum atomic E-state index is 11.2. The van der Waals surface area contributed by atoms with Crippen LogP contribution in [0.1, 0.15) is 6.42 Å². The molecule has 2 aliphatic rings. The van der Waals surface area contributed by atoms with Crippen molar-refractivity contribution in [3.63, 3.8) is 0 Å². The summed E-state index contributed by atoms with van der Waals surface area (Å²) in [5.41, 5.74) is 0. The highest BCUT2D eigenvalue weighted by atomic mass is 16.6. The van der Waals surface area contributed by atoms with Crippen LogP contribution in [0.5, 0.6) is 0 Å². The summed E-state index contributed by atoms with van der Waals surface area (Å²) in [5, 5.41) is 5.88. The molecule has 0 aliphatic carbocycles. The zero-order valence-corrected chi connectivity index (χ0v) is 7.91. The van der Waals surface area contributed by atoms with Gasteiger partial charge in [0.15, 0.2) is 0 Å². The molecule has 14 heavy (non-hydrogen) atoms. The molecule has 1 amide bonds. The highest BCUT2D eigenvalue weighted by Gasteiger charge is 2.23. The van der Waals surface area contributed by atoms with E-state index >= 15 is 0 Å². The van der Waals surface area contributed by atoms with Crippen LogP contribution < -0.4 is 10.6 Å². The van der Waals surface area contributed by atoms with Gasteiger partial charge in [0.05, 0.1) is 12.6 Å². The van der Waals surface area contributed by atoms with Crippen LogP contribution >= 0.6 is 0 Å². The SMILES string of the molecule is O=C1NCCC1NCC1=COCCO1. The van der Waals surface area contributed by atoms with Crippen molar-refractivity contribution in [2.24, 2.45) is 0 Å². The number of hydrogen-bond donors (Lipinski definition) is 2. The largest absolute Gasteiger partial charge is 0.494 e. The van der Waals surface area contributed by atoms with Crippen LogP contribution in [0, 0.1) is 0 Å². The molecule has 2 aliphatic heterocycles. The zero-order chi connectivity index (χ0) is 9.80. The molecule has 0 saturated carbocycles. The third-order valence-electron chi connectivity index (χ3n) is 2.27. The van der Waals surface area contributed by atoms with Crippen LogP contribution in [-0.2, 0) is 14.3 Å². The summed E-state index contributed by atoms with van der Waals surface area (Å²) >= 11 is 0. The maximum Gasteiger partial charge on any atom is 0.237 e. The minimum atomic E-state index is -0.0820. The lowest BCUT2D eigenvalue weighted by molar-refractivity contribution is -0.120. The van der Waals surface area contributed by atoms with Crippen LogP contribution in [0.2, 0.25) is 0 Å². The summed E-state index contributed by atoms with van der Waals surface area (Å²) in [7, 11) is 0. The highest BCUT2D eigenvalue weighted by Crippen LogP contribution is 2.05. The fourth-order valence-electron chi connectivity index (χ4n) is 1.51. The van der Waals surface area contributed by atoms with Crippen molar-refractivity contribution in [2.75, 3.05) is 26.3 Å². The van der Waals surface area contributed by atoms with E-state index in [0.717, 1.165) is 18.7 Å². The molecule has 0 aromatic carbocycles. The molecule has 5 nitrogen and oxygen atoms in total. The monoisotopic (exact) mass is 198 g/mol. The molecule has 0 aromatic rings. The molecule has 1 atom stereocenters. The van der Waals surface area contributed by atoms with Gasteiger partial charge in [0.2, 0.25) is 5.91 Å². The Morgan fingerprint density at radius 2 is 2.50 bits per heavy atom. The molecule has 78 valence electrons. The van der Waals surface area contributed by atoms with Crippen LogP contribution in [-0.4, -0.2) is 38.3 Å². The van der Waals surface area contributed by atoms with E-state index < -0.39 is 0 Å². The summed E-state index contributed by atoms with van der Waals surface area (Å²) < 4.78 is 10.4. The zero-order valence-electron chi connectivity index (χ0n) is 7.91. The van der Waals surface area contributed by atoms with Crippen molar-refractivity contribution in [1.82, 2.24) is 10.6 Å². The Kier molecular flexibility index (Phi) is 2.88. The lowest BCUT2D eigenvalue weighted by Crippen LogP contribution is -2.37. The third-order valence-corrected chi connectivity index (χ3v) is 2.27. The summed E-state index contributed by atoms with van der Waals surface area (Å²) in [6, 6.07) is -0.0820. The van der Waals surface area contributed by atoms with Crippen LogP contribution in [0.15, 0.2) is 12.0 Å². The molecular formula is C9H14N2O3. The molecule has 2 heterocycles. The van der Waals surface area contributed by atoms with Gasteiger partial charge in [-0.15, -0.1) is 0 Å². The van der Waals surface area contributed by atoms with Gasteiger partial charge in [-0.05, 0) is 6.42 Å². The molecule has 0 radical (unpaired) electrons. The van der Waals surface area contributed by atoms with Crippen LogP contribution in [0.4, 0.5) is 0 Å². The number of rotatable bonds is 3. The highest BCUT2D eigenvalue weighted by molar-refractivity contribution is 5.83. The number of amides is 1. The van der Waals surface area contributed by atoms with Gasteiger partial charge in [0, 0.05) is 6.54 Å². The number of nitrogens with one attached hydrogen (secondary N) is 2. The number of ether oxygens (including phenoxy) is 2. The predicted molar refractivity (Wildman–Crippen MR) is 49.4 cm³/mol. The summed E-state index contributed by atoms with van der Waals surface area (Å²) in [6.07, 6.45) is 2.44. The molecular weight excluding hydrogens is 184 g/mol. The van der Waals surface area contributed by atoms with E-state index in [9.17, 15) is 4.79 Å². The Bertz CT molecular complexity index is 252. The van der Waals surface area contributed by atoms with E-state index in [-0.39, 0.29) is 11.9 Å². The molecule has 0 aromatic heterocycles. The second-order valence-electron chi connectivity index (χ2n) is 3.32. The van der Waals surface area contributed by atoms with Crippen molar-refractivity contribution >= 4 is 5.91 Å². The topological polar surface area (TPSA) is 59.6 Å². The predicted octanol–water partition coefficient (Wildman–Crippen LogP) is -0.647. The molecule has 0 bridgehead atoms. The normalized spacial score (nSPS) is 26.1. The second-order valence-corrected chi connectivity index (χ2v) is 3.32. The minimum Gasteiger partial charge on any atom is -0.494 e. The second kappa shape index (κ2) is 4.32. The van der Waals surface area contributed by atoms with E-state index in [1.54, 1.807) is 6.26 Å². The Morgan fingerprint density at radius 1 is 1.57 bits per heavy atom. The Morgan fingerprint density at radius 3 is 3.14 bits per heavy atom. The molecule has 2 rings (SSSR count). The average molecular weight is 198 g/mol. The maximum absolute atomic E-state index is 11.2. The average Bonchev–Trinajstić information content (AvgIpc) is 2.63. The van der Waals surface area contributed by atoms with Gasteiger partial charge in [-0.2, -0.15) is 0 Å².